The number of ether oxygens (including phenoxy) is 1. The van der Waals surface area contributed by atoms with E-state index in [2.05, 4.69) is 12.1 Å². The summed E-state index contributed by atoms with van der Waals surface area (Å²) in [5, 5.41) is 0. The smallest absolute Gasteiger partial charge is 0.118 e. The molecule has 0 saturated heterocycles. The van der Waals surface area contributed by atoms with Gasteiger partial charge in [0.25, 0.3) is 0 Å². The quantitative estimate of drug-likeness (QED) is 0.773. The topological polar surface area (TPSA) is 9.23 Å². The average Bonchev–Trinajstić information content (AvgIpc) is 2.31. The van der Waals surface area contributed by atoms with Gasteiger partial charge in [-0.15, -0.1) is 0 Å². The highest BCUT2D eigenvalue weighted by Crippen LogP contribution is 2.28. The number of benzene rings is 2. The minimum absolute atomic E-state index is 0.886. The van der Waals surface area contributed by atoms with Crippen molar-refractivity contribution in [3.8, 4) is 5.75 Å². The second-order valence-corrected chi connectivity index (χ2v) is 4.12. The molecule has 0 saturated carbocycles. The van der Waals surface area contributed by atoms with E-state index < -0.39 is 0 Å². The summed E-state index contributed by atoms with van der Waals surface area (Å²) in [5.74, 6) is 0.886. The van der Waals surface area contributed by atoms with Gasteiger partial charge >= 0.3 is 0 Å². The first-order chi connectivity index (χ1) is 7.38. The Morgan fingerprint density at radius 1 is 1.07 bits per heavy atom. The lowest BCUT2D eigenvalue weighted by molar-refractivity contribution is 0.414. The molecule has 0 aromatic heterocycles. The Hall–Kier alpha value is -1.41. The van der Waals surface area contributed by atoms with Gasteiger partial charge in [-0.25, -0.2) is 0 Å². The molecule has 75 valence electrons. The molecule has 0 aliphatic rings. The summed E-state index contributed by atoms with van der Waals surface area (Å²) in [4.78, 5) is 2.32. The number of hydrogen-bond donors (Lipinski definition) is 0. The molecular weight excluding hydrogens is 204 g/mol. The molecule has 0 fully saturated rings. The van der Waals surface area contributed by atoms with Gasteiger partial charge in [0.2, 0.25) is 0 Å². The minimum atomic E-state index is 0.886. The Labute approximate surface area is 94.1 Å². The Balaban J connectivity index is 2.11. The zero-order valence-corrected chi connectivity index (χ0v) is 9.25. The fourth-order valence-electron chi connectivity index (χ4n) is 1.21. The maximum atomic E-state index is 5.10. The molecule has 15 heavy (non-hydrogen) atoms. The second-order valence-electron chi connectivity index (χ2n) is 3.00. The standard InChI is InChI=1S/C13H11OS/c1-14-11-7-9-13(10-8-11)15-12-5-3-2-4-6-12/h2-5,7-10H,1H3. The molecule has 2 rings (SSSR count). The molecule has 2 aromatic rings. The van der Waals surface area contributed by atoms with Crippen LogP contribution in [0.25, 0.3) is 0 Å². The van der Waals surface area contributed by atoms with Crippen LogP contribution < -0.4 is 4.74 Å². The van der Waals surface area contributed by atoms with Gasteiger partial charge in [0.1, 0.15) is 5.75 Å². The molecule has 0 bridgehead atoms. The number of rotatable bonds is 3. The molecule has 0 aliphatic heterocycles. The molecule has 0 N–H and O–H groups in total. The Morgan fingerprint density at radius 2 is 1.87 bits per heavy atom. The highest BCUT2D eigenvalue weighted by molar-refractivity contribution is 7.99. The van der Waals surface area contributed by atoms with Gasteiger partial charge in [-0.2, -0.15) is 0 Å². The first-order valence-corrected chi connectivity index (χ1v) is 5.49. The van der Waals surface area contributed by atoms with Gasteiger partial charge in [-0.05, 0) is 36.4 Å². The highest BCUT2D eigenvalue weighted by atomic mass is 32.2. The van der Waals surface area contributed by atoms with Gasteiger partial charge in [-0.1, -0.05) is 30.0 Å². The summed E-state index contributed by atoms with van der Waals surface area (Å²) >= 11 is 1.70. The zero-order valence-electron chi connectivity index (χ0n) is 8.44. The van der Waals surface area contributed by atoms with Gasteiger partial charge in [-0.3, -0.25) is 0 Å². The fraction of sp³-hybridized carbons (Fsp3) is 0.0769. The Morgan fingerprint density at radius 3 is 2.47 bits per heavy atom. The first-order valence-electron chi connectivity index (χ1n) is 4.67. The van der Waals surface area contributed by atoms with Crippen molar-refractivity contribution in [2.45, 2.75) is 9.79 Å². The Bertz CT molecular complexity index is 408. The molecule has 0 aliphatic carbocycles. The molecule has 1 radical (unpaired) electrons. The van der Waals surface area contributed by atoms with Crippen LogP contribution in [-0.4, -0.2) is 7.11 Å². The third kappa shape index (κ3) is 2.77. The fourth-order valence-corrected chi connectivity index (χ4v) is 2.01. The van der Waals surface area contributed by atoms with Crippen molar-refractivity contribution in [1.82, 2.24) is 0 Å². The van der Waals surface area contributed by atoms with Crippen LogP contribution in [0.15, 0.2) is 58.3 Å². The third-order valence-corrected chi connectivity index (χ3v) is 2.95. The number of hydrogen-bond acceptors (Lipinski definition) is 2. The van der Waals surface area contributed by atoms with Crippen molar-refractivity contribution >= 4 is 11.8 Å². The van der Waals surface area contributed by atoms with E-state index in [1.54, 1.807) is 18.9 Å². The summed E-state index contributed by atoms with van der Waals surface area (Å²) in [5.41, 5.74) is 0. The lowest BCUT2D eigenvalue weighted by Gasteiger charge is -2.02. The van der Waals surface area contributed by atoms with E-state index in [4.69, 9.17) is 4.74 Å². The maximum absolute atomic E-state index is 5.10. The van der Waals surface area contributed by atoms with Crippen molar-refractivity contribution in [3.05, 3.63) is 54.6 Å². The highest BCUT2D eigenvalue weighted by Gasteiger charge is 1.96. The van der Waals surface area contributed by atoms with E-state index in [0.717, 1.165) is 10.6 Å². The summed E-state index contributed by atoms with van der Waals surface area (Å²) in [6.07, 6.45) is 0. The normalized spacial score (nSPS) is 9.93. The predicted molar refractivity (Wildman–Crippen MR) is 62.4 cm³/mol. The maximum Gasteiger partial charge on any atom is 0.118 e. The molecule has 2 heteroatoms. The van der Waals surface area contributed by atoms with Crippen LogP contribution in [0.4, 0.5) is 0 Å². The van der Waals surface area contributed by atoms with Crippen LogP contribution in [0.5, 0.6) is 5.75 Å². The van der Waals surface area contributed by atoms with Crippen LogP contribution in [0.3, 0.4) is 0 Å². The van der Waals surface area contributed by atoms with Crippen molar-refractivity contribution in [3.63, 3.8) is 0 Å². The summed E-state index contributed by atoms with van der Waals surface area (Å²) < 4.78 is 5.10. The van der Waals surface area contributed by atoms with Crippen molar-refractivity contribution in [2.75, 3.05) is 7.11 Å². The predicted octanol–water partition coefficient (Wildman–Crippen LogP) is 3.65. The minimum Gasteiger partial charge on any atom is -0.497 e. The van der Waals surface area contributed by atoms with Gasteiger partial charge in [0.15, 0.2) is 0 Å². The molecule has 0 heterocycles. The average molecular weight is 215 g/mol. The second kappa shape index (κ2) is 4.89. The summed E-state index contributed by atoms with van der Waals surface area (Å²) in [6.45, 7) is 0. The zero-order chi connectivity index (χ0) is 10.5. The van der Waals surface area contributed by atoms with Crippen molar-refractivity contribution in [1.29, 1.82) is 0 Å². The van der Waals surface area contributed by atoms with E-state index in [0.29, 0.717) is 0 Å². The first kappa shape index (κ1) is 10.1. The molecular formula is C13H11OS. The van der Waals surface area contributed by atoms with Crippen LogP contribution in [0.2, 0.25) is 0 Å². The molecule has 0 unspecified atom stereocenters. The van der Waals surface area contributed by atoms with E-state index in [-0.39, 0.29) is 0 Å². The van der Waals surface area contributed by atoms with Crippen molar-refractivity contribution < 1.29 is 4.74 Å². The SMILES string of the molecule is COc1ccc(Sc2[c]cccc2)cc1. The molecule has 0 atom stereocenters. The van der Waals surface area contributed by atoms with E-state index in [9.17, 15) is 0 Å². The van der Waals surface area contributed by atoms with Crippen LogP contribution in [0, 0.1) is 6.07 Å². The lowest BCUT2D eigenvalue weighted by atomic mass is 10.3. The molecule has 1 nitrogen and oxygen atoms in total. The molecule has 2 aromatic carbocycles. The molecule has 0 spiro atoms. The van der Waals surface area contributed by atoms with Crippen LogP contribution in [0.1, 0.15) is 0 Å². The van der Waals surface area contributed by atoms with E-state index in [1.807, 2.05) is 42.5 Å². The lowest BCUT2D eigenvalue weighted by Crippen LogP contribution is -1.81. The summed E-state index contributed by atoms with van der Waals surface area (Å²) in [7, 11) is 1.67. The third-order valence-electron chi connectivity index (χ3n) is 1.97. The largest absolute Gasteiger partial charge is 0.497 e. The van der Waals surface area contributed by atoms with Gasteiger partial charge < -0.3 is 4.74 Å². The summed E-state index contributed by atoms with van der Waals surface area (Å²) in [6, 6.07) is 19.2. The molecule has 0 amide bonds. The van der Waals surface area contributed by atoms with Crippen molar-refractivity contribution in [2.24, 2.45) is 0 Å². The van der Waals surface area contributed by atoms with Gasteiger partial charge in [0.05, 0.1) is 7.11 Å². The van der Waals surface area contributed by atoms with Crippen LogP contribution >= 0.6 is 11.8 Å². The number of methoxy groups -OCH3 is 1. The Kier molecular flexibility index (Phi) is 3.30. The van der Waals surface area contributed by atoms with Gasteiger partial charge in [0, 0.05) is 9.79 Å². The monoisotopic (exact) mass is 215 g/mol. The van der Waals surface area contributed by atoms with Crippen LogP contribution in [-0.2, 0) is 0 Å². The van der Waals surface area contributed by atoms with E-state index >= 15 is 0 Å². The van der Waals surface area contributed by atoms with E-state index in [1.165, 1.54) is 4.90 Å².